The summed E-state index contributed by atoms with van der Waals surface area (Å²) in [5.74, 6) is -0.0975. The molecule has 0 fully saturated rings. The van der Waals surface area contributed by atoms with Gasteiger partial charge < -0.3 is 16.2 Å². The lowest BCUT2D eigenvalue weighted by Crippen LogP contribution is -2.24. The molecule has 0 spiro atoms. The first kappa shape index (κ1) is 13.5. The number of nitrogens with one attached hydrogen (secondary N) is 1. The highest BCUT2D eigenvalue weighted by Gasteiger charge is 2.06. The van der Waals surface area contributed by atoms with Crippen LogP contribution in [0.25, 0.3) is 0 Å². The van der Waals surface area contributed by atoms with E-state index in [1.54, 1.807) is 5.38 Å². The molecule has 1 aromatic carbocycles. The molecule has 0 atom stereocenters. The number of hydrogen-bond acceptors (Lipinski definition) is 5. The second kappa shape index (κ2) is 6.31. The number of nitrogens with zero attached hydrogens (tertiary/aromatic N) is 1. The van der Waals surface area contributed by atoms with Crippen molar-refractivity contribution in [1.82, 2.24) is 10.3 Å². The summed E-state index contributed by atoms with van der Waals surface area (Å²) in [7, 11) is 0. The van der Waals surface area contributed by atoms with Crippen molar-refractivity contribution in [3.63, 3.8) is 0 Å². The molecule has 2 aromatic rings. The maximum atomic E-state index is 11.7. The third-order valence-electron chi connectivity index (χ3n) is 2.57. The number of anilines is 1. The van der Waals surface area contributed by atoms with Gasteiger partial charge in [-0.3, -0.25) is 4.79 Å². The van der Waals surface area contributed by atoms with E-state index in [0.29, 0.717) is 17.4 Å². The number of nitrogens with two attached hydrogens (primary N) is 1. The van der Waals surface area contributed by atoms with Crippen molar-refractivity contribution in [2.45, 2.75) is 19.6 Å². The van der Waals surface area contributed by atoms with E-state index in [4.69, 9.17) is 10.8 Å². The highest BCUT2D eigenvalue weighted by molar-refractivity contribution is 7.13. The maximum Gasteiger partial charge on any atom is 0.226 e. The van der Waals surface area contributed by atoms with Crippen molar-refractivity contribution in [1.29, 1.82) is 0 Å². The molecule has 1 amide bonds. The molecular weight excluding hydrogens is 262 g/mol. The van der Waals surface area contributed by atoms with E-state index in [1.165, 1.54) is 11.3 Å². The van der Waals surface area contributed by atoms with Crippen LogP contribution in [-0.4, -0.2) is 16.0 Å². The number of carbonyl (C=O) groups is 1. The standard InChI is InChI=1S/C13H15N3O2S/c14-13-16-11(8-19-13)5-12(18)15-6-9-2-1-3-10(4-9)7-17/h1-4,8,17H,5-7H2,(H2,14,16)(H,15,18). The first-order valence-corrected chi connectivity index (χ1v) is 6.70. The molecule has 4 N–H and O–H groups in total. The lowest BCUT2D eigenvalue weighted by molar-refractivity contribution is -0.120. The highest BCUT2D eigenvalue weighted by Crippen LogP contribution is 2.11. The molecule has 0 aliphatic carbocycles. The Morgan fingerprint density at radius 3 is 2.89 bits per heavy atom. The van der Waals surface area contributed by atoms with Gasteiger partial charge in [-0.15, -0.1) is 11.3 Å². The Bertz CT molecular complexity index is 569. The number of aliphatic hydroxyl groups excluding tert-OH is 1. The topological polar surface area (TPSA) is 88.2 Å². The molecule has 0 bridgehead atoms. The molecule has 2 rings (SSSR count). The summed E-state index contributed by atoms with van der Waals surface area (Å²) in [5.41, 5.74) is 7.98. The number of nitrogen functional groups attached to an aromatic ring is 1. The smallest absolute Gasteiger partial charge is 0.226 e. The molecule has 0 aliphatic heterocycles. The van der Waals surface area contributed by atoms with Crippen LogP contribution in [0.4, 0.5) is 5.13 Å². The zero-order chi connectivity index (χ0) is 13.7. The van der Waals surface area contributed by atoms with Crippen molar-refractivity contribution >= 4 is 22.4 Å². The zero-order valence-electron chi connectivity index (χ0n) is 10.3. The van der Waals surface area contributed by atoms with Gasteiger partial charge in [0.05, 0.1) is 18.7 Å². The lowest BCUT2D eigenvalue weighted by Gasteiger charge is -2.05. The molecule has 1 heterocycles. The van der Waals surface area contributed by atoms with Gasteiger partial charge in [0.15, 0.2) is 5.13 Å². The second-order valence-corrected chi connectivity index (χ2v) is 5.00. The number of hydrogen-bond donors (Lipinski definition) is 3. The molecule has 6 heteroatoms. The number of rotatable bonds is 5. The summed E-state index contributed by atoms with van der Waals surface area (Å²) in [5, 5.41) is 14.1. The fraction of sp³-hybridized carbons (Fsp3) is 0.231. The van der Waals surface area contributed by atoms with E-state index in [2.05, 4.69) is 10.3 Å². The van der Waals surface area contributed by atoms with Crippen molar-refractivity contribution < 1.29 is 9.90 Å². The first-order valence-electron chi connectivity index (χ1n) is 5.82. The summed E-state index contributed by atoms with van der Waals surface area (Å²) < 4.78 is 0. The molecular formula is C13H15N3O2S. The average Bonchev–Trinajstić information content (AvgIpc) is 2.82. The van der Waals surface area contributed by atoms with E-state index in [0.717, 1.165) is 11.1 Å². The molecule has 5 nitrogen and oxygen atoms in total. The Morgan fingerprint density at radius 1 is 1.42 bits per heavy atom. The Morgan fingerprint density at radius 2 is 2.21 bits per heavy atom. The molecule has 1 aromatic heterocycles. The van der Waals surface area contributed by atoms with Crippen molar-refractivity contribution in [2.24, 2.45) is 0 Å². The van der Waals surface area contributed by atoms with Crippen LogP contribution < -0.4 is 11.1 Å². The van der Waals surface area contributed by atoms with Crippen LogP contribution in [0.2, 0.25) is 0 Å². The van der Waals surface area contributed by atoms with Gasteiger partial charge in [0.25, 0.3) is 0 Å². The molecule has 19 heavy (non-hydrogen) atoms. The molecule has 0 unspecified atom stereocenters. The number of carbonyl (C=O) groups excluding carboxylic acids is 1. The van der Waals surface area contributed by atoms with Crippen LogP contribution >= 0.6 is 11.3 Å². The molecule has 0 saturated heterocycles. The lowest BCUT2D eigenvalue weighted by atomic mass is 10.1. The van der Waals surface area contributed by atoms with Crippen molar-refractivity contribution in [2.75, 3.05) is 5.73 Å². The Balaban J connectivity index is 1.86. The SMILES string of the molecule is Nc1nc(CC(=O)NCc2cccc(CO)c2)cs1. The van der Waals surface area contributed by atoms with Gasteiger partial charge in [0.2, 0.25) is 5.91 Å². The Hall–Kier alpha value is -1.92. The number of aliphatic hydroxyl groups is 1. The van der Waals surface area contributed by atoms with Crippen LogP contribution in [-0.2, 0) is 24.4 Å². The zero-order valence-corrected chi connectivity index (χ0v) is 11.1. The molecule has 0 radical (unpaired) electrons. The quantitative estimate of drug-likeness (QED) is 0.763. The van der Waals surface area contributed by atoms with E-state index in [1.807, 2.05) is 24.3 Å². The average molecular weight is 277 g/mol. The minimum atomic E-state index is -0.0975. The van der Waals surface area contributed by atoms with Crippen LogP contribution in [0.1, 0.15) is 16.8 Å². The molecule has 0 saturated carbocycles. The summed E-state index contributed by atoms with van der Waals surface area (Å²) in [6.07, 6.45) is 0.230. The summed E-state index contributed by atoms with van der Waals surface area (Å²) >= 11 is 1.32. The van der Waals surface area contributed by atoms with Gasteiger partial charge in [-0.25, -0.2) is 4.98 Å². The van der Waals surface area contributed by atoms with Crippen LogP contribution in [0.3, 0.4) is 0 Å². The normalized spacial score (nSPS) is 10.4. The van der Waals surface area contributed by atoms with E-state index in [-0.39, 0.29) is 18.9 Å². The van der Waals surface area contributed by atoms with Gasteiger partial charge in [-0.1, -0.05) is 24.3 Å². The van der Waals surface area contributed by atoms with Crippen LogP contribution in [0.15, 0.2) is 29.6 Å². The number of thiazole rings is 1. The number of aromatic nitrogens is 1. The van der Waals surface area contributed by atoms with Crippen LogP contribution in [0, 0.1) is 0 Å². The fourth-order valence-corrected chi connectivity index (χ4v) is 2.23. The number of amides is 1. The number of benzene rings is 1. The Kier molecular flexibility index (Phi) is 4.48. The third kappa shape index (κ3) is 4.04. The summed E-state index contributed by atoms with van der Waals surface area (Å²) in [6, 6.07) is 7.46. The predicted octanol–water partition coefficient (Wildman–Crippen LogP) is 1.08. The summed E-state index contributed by atoms with van der Waals surface area (Å²) in [4.78, 5) is 15.7. The van der Waals surface area contributed by atoms with Gasteiger partial charge >= 0.3 is 0 Å². The minimum absolute atomic E-state index is 0.000112. The molecule has 0 aliphatic rings. The van der Waals surface area contributed by atoms with Crippen molar-refractivity contribution in [3.8, 4) is 0 Å². The predicted molar refractivity (Wildman–Crippen MR) is 74.4 cm³/mol. The second-order valence-electron chi connectivity index (χ2n) is 4.11. The third-order valence-corrected chi connectivity index (χ3v) is 3.30. The first-order chi connectivity index (χ1) is 9.17. The van der Waals surface area contributed by atoms with E-state index < -0.39 is 0 Å². The van der Waals surface area contributed by atoms with Crippen LogP contribution in [0.5, 0.6) is 0 Å². The van der Waals surface area contributed by atoms with Crippen molar-refractivity contribution in [3.05, 3.63) is 46.5 Å². The summed E-state index contributed by atoms with van der Waals surface area (Å²) in [6.45, 7) is 0.437. The van der Waals surface area contributed by atoms with Gasteiger partial charge in [0.1, 0.15) is 0 Å². The largest absolute Gasteiger partial charge is 0.392 e. The van der Waals surface area contributed by atoms with Gasteiger partial charge in [0, 0.05) is 11.9 Å². The highest BCUT2D eigenvalue weighted by atomic mass is 32.1. The fourth-order valence-electron chi connectivity index (χ4n) is 1.67. The van der Waals surface area contributed by atoms with Gasteiger partial charge in [-0.2, -0.15) is 0 Å². The van der Waals surface area contributed by atoms with E-state index >= 15 is 0 Å². The maximum absolute atomic E-state index is 11.7. The minimum Gasteiger partial charge on any atom is -0.392 e. The van der Waals surface area contributed by atoms with Gasteiger partial charge in [-0.05, 0) is 11.1 Å². The monoisotopic (exact) mass is 277 g/mol. The Labute approximate surface area is 115 Å². The molecule has 100 valence electrons. The van der Waals surface area contributed by atoms with E-state index in [9.17, 15) is 4.79 Å².